The van der Waals surface area contributed by atoms with Crippen molar-refractivity contribution in [2.24, 2.45) is 0 Å². The van der Waals surface area contributed by atoms with Gasteiger partial charge in [-0.25, -0.2) is 15.0 Å². The third-order valence-corrected chi connectivity index (χ3v) is 6.15. The average molecular weight is 462 g/mol. The third-order valence-electron chi connectivity index (χ3n) is 6.15. The molecule has 0 fully saturated rings. The number of rotatable bonds is 5. The van der Waals surface area contributed by atoms with Gasteiger partial charge >= 0.3 is 0 Å². The Hall–Kier alpha value is -4.89. The van der Waals surface area contributed by atoms with Gasteiger partial charge < -0.3 is 0 Å². The van der Waals surface area contributed by atoms with Crippen LogP contribution in [0.1, 0.15) is 0 Å². The molecule has 5 aromatic carbocycles. The smallest absolute Gasteiger partial charge is 0.164 e. The van der Waals surface area contributed by atoms with Gasteiger partial charge in [-0.2, -0.15) is 0 Å². The maximum absolute atomic E-state index is 4.97. The Balaban J connectivity index is 1.58. The summed E-state index contributed by atoms with van der Waals surface area (Å²) in [7, 11) is 0. The first kappa shape index (κ1) is 21.6. The fraction of sp³-hybridized carbons (Fsp3) is 0. The van der Waals surface area contributed by atoms with E-state index < -0.39 is 0 Å². The van der Waals surface area contributed by atoms with Crippen molar-refractivity contribution in [2.75, 3.05) is 0 Å². The van der Waals surface area contributed by atoms with Crippen molar-refractivity contribution in [1.29, 1.82) is 0 Å². The molecule has 1 aromatic heterocycles. The van der Waals surface area contributed by atoms with Gasteiger partial charge in [0, 0.05) is 16.7 Å². The van der Waals surface area contributed by atoms with E-state index in [2.05, 4.69) is 66.7 Å². The summed E-state index contributed by atoms with van der Waals surface area (Å²) in [4.78, 5) is 14.8. The molecule has 0 unspecified atom stereocenters. The summed E-state index contributed by atoms with van der Waals surface area (Å²) in [5.74, 6) is 1.97. The summed E-state index contributed by atoms with van der Waals surface area (Å²) in [6.45, 7) is 0. The molecule has 6 aromatic rings. The maximum Gasteiger partial charge on any atom is 0.164 e. The predicted molar refractivity (Wildman–Crippen MR) is 147 cm³/mol. The second kappa shape index (κ2) is 9.77. The molecule has 0 radical (unpaired) electrons. The van der Waals surface area contributed by atoms with E-state index in [9.17, 15) is 0 Å². The molecule has 0 aliphatic carbocycles. The lowest BCUT2D eigenvalue weighted by Crippen LogP contribution is -2.01. The quantitative estimate of drug-likeness (QED) is 0.260. The molecule has 170 valence electrons. The number of nitrogens with zero attached hydrogens (tertiary/aromatic N) is 3. The molecule has 0 aliphatic rings. The lowest BCUT2D eigenvalue weighted by molar-refractivity contribution is 1.07. The molecule has 36 heavy (non-hydrogen) atoms. The van der Waals surface area contributed by atoms with Gasteiger partial charge in [-0.15, -0.1) is 0 Å². The van der Waals surface area contributed by atoms with Crippen LogP contribution in [0.3, 0.4) is 0 Å². The van der Waals surface area contributed by atoms with Crippen LogP contribution in [0.25, 0.3) is 56.4 Å². The molecular weight excluding hydrogens is 438 g/mol. The first-order chi connectivity index (χ1) is 17.8. The highest BCUT2D eigenvalue weighted by Gasteiger charge is 2.16. The van der Waals surface area contributed by atoms with E-state index in [0.29, 0.717) is 17.5 Å². The van der Waals surface area contributed by atoms with Crippen molar-refractivity contribution < 1.29 is 0 Å². The summed E-state index contributed by atoms with van der Waals surface area (Å²) in [6.07, 6.45) is 0. The summed E-state index contributed by atoms with van der Waals surface area (Å²) < 4.78 is 0. The zero-order chi connectivity index (χ0) is 24.2. The first-order valence-corrected chi connectivity index (χ1v) is 12.0. The minimum absolute atomic E-state index is 0.654. The average Bonchev–Trinajstić information content (AvgIpc) is 2.98. The van der Waals surface area contributed by atoms with Gasteiger partial charge in [0.15, 0.2) is 17.5 Å². The van der Waals surface area contributed by atoms with Crippen LogP contribution in [0.2, 0.25) is 0 Å². The molecule has 0 amide bonds. The molecule has 3 heteroatoms. The molecule has 0 atom stereocenters. The van der Waals surface area contributed by atoms with Crippen LogP contribution < -0.4 is 0 Å². The molecule has 0 bridgehead atoms. The van der Waals surface area contributed by atoms with Crippen molar-refractivity contribution in [3.05, 3.63) is 140 Å². The largest absolute Gasteiger partial charge is 0.208 e. The highest BCUT2D eigenvalue weighted by atomic mass is 15.0. The van der Waals surface area contributed by atoms with Gasteiger partial charge in [-0.05, 0) is 34.4 Å². The van der Waals surface area contributed by atoms with E-state index >= 15 is 0 Å². The highest BCUT2D eigenvalue weighted by Crippen LogP contribution is 2.35. The van der Waals surface area contributed by atoms with Gasteiger partial charge in [-0.3, -0.25) is 0 Å². The van der Waals surface area contributed by atoms with E-state index in [1.807, 2.05) is 72.8 Å². The van der Waals surface area contributed by atoms with Gasteiger partial charge in [0.2, 0.25) is 0 Å². The molecule has 0 saturated heterocycles. The van der Waals surface area contributed by atoms with Crippen LogP contribution in [0, 0.1) is 0 Å². The van der Waals surface area contributed by atoms with Gasteiger partial charge in [0.05, 0.1) is 0 Å². The lowest BCUT2D eigenvalue weighted by atomic mass is 9.94. The maximum atomic E-state index is 4.97. The number of aromatic nitrogens is 3. The van der Waals surface area contributed by atoms with E-state index in [0.717, 1.165) is 33.4 Å². The summed E-state index contributed by atoms with van der Waals surface area (Å²) in [5, 5.41) is 0. The second-order valence-electron chi connectivity index (χ2n) is 8.53. The molecular formula is C33H23N3. The molecule has 0 aliphatic heterocycles. The molecule has 0 N–H and O–H groups in total. The SMILES string of the molecule is c1ccc(-c2ccc(-c3nc(-c4ccccc4)nc(-c4ccccc4)n3)c(-c3ccccc3)c2)cc1. The highest BCUT2D eigenvalue weighted by molar-refractivity contribution is 5.85. The number of benzene rings is 5. The molecule has 0 saturated carbocycles. The lowest BCUT2D eigenvalue weighted by Gasteiger charge is -2.14. The van der Waals surface area contributed by atoms with Crippen LogP contribution in [-0.2, 0) is 0 Å². The predicted octanol–water partition coefficient (Wildman–Crippen LogP) is 8.21. The van der Waals surface area contributed by atoms with Crippen molar-refractivity contribution >= 4 is 0 Å². The van der Waals surface area contributed by atoms with Crippen LogP contribution in [0.4, 0.5) is 0 Å². The normalized spacial score (nSPS) is 10.8. The Morgan fingerprint density at radius 3 is 1.19 bits per heavy atom. The molecule has 0 spiro atoms. The van der Waals surface area contributed by atoms with E-state index in [4.69, 9.17) is 15.0 Å². The second-order valence-corrected chi connectivity index (χ2v) is 8.53. The van der Waals surface area contributed by atoms with E-state index in [1.165, 1.54) is 5.56 Å². The van der Waals surface area contributed by atoms with Gasteiger partial charge in [-0.1, -0.05) is 127 Å². The van der Waals surface area contributed by atoms with Crippen LogP contribution in [0.5, 0.6) is 0 Å². The molecule has 3 nitrogen and oxygen atoms in total. The Bertz CT molecular complexity index is 1540. The zero-order valence-electron chi connectivity index (χ0n) is 19.6. The monoisotopic (exact) mass is 461 g/mol. The van der Waals surface area contributed by atoms with Crippen molar-refractivity contribution in [3.8, 4) is 56.4 Å². The van der Waals surface area contributed by atoms with E-state index in [-0.39, 0.29) is 0 Å². The minimum atomic E-state index is 0.654. The van der Waals surface area contributed by atoms with Crippen molar-refractivity contribution in [1.82, 2.24) is 15.0 Å². The summed E-state index contributed by atoms with van der Waals surface area (Å²) in [5.41, 5.74) is 7.42. The molecule has 1 heterocycles. The first-order valence-electron chi connectivity index (χ1n) is 12.0. The van der Waals surface area contributed by atoms with E-state index in [1.54, 1.807) is 0 Å². The summed E-state index contributed by atoms with van der Waals surface area (Å²) >= 11 is 0. The zero-order valence-corrected chi connectivity index (χ0v) is 19.6. The number of hydrogen-bond donors (Lipinski definition) is 0. The Morgan fingerprint density at radius 1 is 0.278 bits per heavy atom. The Morgan fingerprint density at radius 2 is 0.694 bits per heavy atom. The topological polar surface area (TPSA) is 38.7 Å². The third kappa shape index (κ3) is 4.42. The molecule has 6 rings (SSSR count). The Kier molecular flexibility index (Phi) is 5.87. The minimum Gasteiger partial charge on any atom is -0.208 e. The standard InChI is InChI=1S/C33H23N3/c1-5-13-24(14-6-1)28-21-22-29(30(23-28)25-15-7-2-8-16-25)33-35-31(26-17-9-3-10-18-26)34-32(36-33)27-19-11-4-12-20-27/h1-23H. The van der Waals surface area contributed by atoms with Crippen LogP contribution >= 0.6 is 0 Å². The van der Waals surface area contributed by atoms with Crippen LogP contribution in [-0.4, -0.2) is 15.0 Å². The van der Waals surface area contributed by atoms with Crippen molar-refractivity contribution in [2.45, 2.75) is 0 Å². The van der Waals surface area contributed by atoms with Gasteiger partial charge in [0.25, 0.3) is 0 Å². The Labute approximate surface area is 210 Å². The van der Waals surface area contributed by atoms with Gasteiger partial charge in [0.1, 0.15) is 0 Å². The fourth-order valence-corrected chi connectivity index (χ4v) is 4.33. The summed E-state index contributed by atoms with van der Waals surface area (Å²) in [6, 6.07) is 47.5. The van der Waals surface area contributed by atoms with Crippen molar-refractivity contribution in [3.63, 3.8) is 0 Å². The van der Waals surface area contributed by atoms with Crippen LogP contribution in [0.15, 0.2) is 140 Å². The fourth-order valence-electron chi connectivity index (χ4n) is 4.33. The number of hydrogen-bond acceptors (Lipinski definition) is 3.